The molecule has 164 valence electrons. The summed E-state index contributed by atoms with van der Waals surface area (Å²) in [5, 5.41) is 0. The summed E-state index contributed by atoms with van der Waals surface area (Å²) < 4.78 is 6.13. The van der Waals surface area contributed by atoms with Gasteiger partial charge in [-0.2, -0.15) is 0 Å². The van der Waals surface area contributed by atoms with E-state index in [1.54, 1.807) is 48.4 Å². The van der Waals surface area contributed by atoms with Gasteiger partial charge in [-0.1, -0.05) is 42.5 Å². The molecule has 4 rings (SSSR count). The van der Waals surface area contributed by atoms with Crippen LogP contribution in [0, 0.1) is 0 Å². The average Bonchev–Trinajstić information content (AvgIpc) is 2.84. The summed E-state index contributed by atoms with van der Waals surface area (Å²) in [6, 6.07) is 21.2. The van der Waals surface area contributed by atoms with Crippen LogP contribution in [0.1, 0.15) is 15.9 Å². The molecule has 6 heteroatoms. The normalized spacial score (nSPS) is 18.2. The van der Waals surface area contributed by atoms with Crippen LogP contribution in [0.25, 0.3) is 11.1 Å². The van der Waals surface area contributed by atoms with Crippen molar-refractivity contribution in [3.8, 4) is 11.1 Å². The molecule has 32 heavy (non-hydrogen) atoms. The second kappa shape index (κ2) is 9.32. The van der Waals surface area contributed by atoms with E-state index >= 15 is 0 Å². The third-order valence-corrected chi connectivity index (χ3v) is 5.75. The van der Waals surface area contributed by atoms with Crippen molar-refractivity contribution < 1.29 is 14.3 Å². The van der Waals surface area contributed by atoms with Crippen LogP contribution in [0.2, 0.25) is 0 Å². The zero-order valence-corrected chi connectivity index (χ0v) is 18.4. The van der Waals surface area contributed by atoms with Gasteiger partial charge in [-0.25, -0.2) is 0 Å². The average molecular weight is 430 g/mol. The fraction of sp³-hybridized carbons (Fsp3) is 0.269. The van der Waals surface area contributed by atoms with E-state index in [1.165, 1.54) is 0 Å². The zero-order valence-electron chi connectivity index (χ0n) is 18.4. The molecule has 1 fully saturated rings. The lowest BCUT2D eigenvalue weighted by Crippen LogP contribution is -2.61. The number of hydrogen-bond acceptors (Lipinski definition) is 4. The molecule has 1 saturated heterocycles. The van der Waals surface area contributed by atoms with E-state index in [2.05, 4.69) is 4.98 Å². The van der Waals surface area contributed by atoms with Crippen molar-refractivity contribution in [2.75, 3.05) is 33.8 Å². The first-order valence-electron chi connectivity index (χ1n) is 10.7. The molecular weight excluding hydrogens is 402 g/mol. The number of nitrogens with zero attached hydrogens (tertiary/aromatic N) is 3. The maximum atomic E-state index is 13.3. The standard InChI is InChI=1S/C26H27N3O3/c1-28(2)25(31)26(18-20-8-10-21(11-9-20)22-12-14-27-15-13-22)19-29(16-17-32-26)24(30)23-6-4-3-5-7-23/h3-15H,16-19H2,1-2H3/t26-/m1/s1. The minimum absolute atomic E-state index is 0.0853. The van der Waals surface area contributed by atoms with Crippen molar-refractivity contribution >= 4 is 11.8 Å². The number of hydrogen-bond donors (Lipinski definition) is 0. The highest BCUT2D eigenvalue weighted by molar-refractivity contribution is 5.95. The first-order valence-corrected chi connectivity index (χ1v) is 10.7. The minimum atomic E-state index is -1.12. The summed E-state index contributed by atoms with van der Waals surface area (Å²) in [6.07, 6.45) is 3.92. The quantitative estimate of drug-likeness (QED) is 0.624. The van der Waals surface area contributed by atoms with Gasteiger partial charge in [0.2, 0.25) is 0 Å². The number of carbonyl (C=O) groups is 2. The highest BCUT2D eigenvalue weighted by Crippen LogP contribution is 2.28. The van der Waals surface area contributed by atoms with Crippen LogP contribution in [-0.2, 0) is 16.0 Å². The fourth-order valence-corrected chi connectivity index (χ4v) is 4.13. The van der Waals surface area contributed by atoms with Gasteiger partial charge >= 0.3 is 0 Å². The summed E-state index contributed by atoms with van der Waals surface area (Å²) in [6.45, 7) is 0.980. The molecule has 0 radical (unpaired) electrons. The van der Waals surface area contributed by atoms with Gasteiger partial charge < -0.3 is 14.5 Å². The molecule has 0 N–H and O–H groups in total. The molecule has 1 aromatic heterocycles. The molecule has 3 aromatic rings. The molecule has 0 unspecified atom stereocenters. The molecule has 2 amide bonds. The third kappa shape index (κ3) is 4.55. The van der Waals surface area contributed by atoms with Gasteiger partial charge in [0, 0.05) is 45.0 Å². The van der Waals surface area contributed by atoms with Gasteiger partial charge in [0.05, 0.1) is 13.2 Å². The van der Waals surface area contributed by atoms with Gasteiger partial charge in [-0.05, 0) is 41.0 Å². The van der Waals surface area contributed by atoms with Gasteiger partial charge in [0.25, 0.3) is 11.8 Å². The van der Waals surface area contributed by atoms with E-state index in [-0.39, 0.29) is 18.4 Å². The Morgan fingerprint density at radius 1 is 0.969 bits per heavy atom. The van der Waals surface area contributed by atoms with Crippen molar-refractivity contribution in [1.82, 2.24) is 14.8 Å². The number of amides is 2. The van der Waals surface area contributed by atoms with E-state index in [9.17, 15) is 9.59 Å². The van der Waals surface area contributed by atoms with E-state index in [0.29, 0.717) is 25.1 Å². The summed E-state index contributed by atoms with van der Waals surface area (Å²) in [7, 11) is 3.44. The van der Waals surface area contributed by atoms with Gasteiger partial charge in [0.15, 0.2) is 5.60 Å². The number of pyridine rings is 1. The smallest absolute Gasteiger partial charge is 0.256 e. The summed E-state index contributed by atoms with van der Waals surface area (Å²) in [4.78, 5) is 33.7. The number of likely N-dealkylation sites (N-methyl/N-ethyl adjacent to an activating group) is 1. The second-order valence-electron chi connectivity index (χ2n) is 8.24. The lowest BCUT2D eigenvalue weighted by molar-refractivity contribution is -0.165. The number of morpholine rings is 1. The van der Waals surface area contributed by atoms with E-state index in [1.807, 2.05) is 54.6 Å². The van der Waals surface area contributed by atoms with Crippen LogP contribution in [0.4, 0.5) is 0 Å². The number of rotatable bonds is 5. The lowest BCUT2D eigenvalue weighted by atomic mass is 9.89. The second-order valence-corrected chi connectivity index (χ2v) is 8.24. The van der Waals surface area contributed by atoms with Crippen molar-refractivity contribution in [3.05, 3.63) is 90.3 Å². The minimum Gasteiger partial charge on any atom is -0.361 e. The lowest BCUT2D eigenvalue weighted by Gasteiger charge is -2.43. The van der Waals surface area contributed by atoms with Crippen LogP contribution in [0.3, 0.4) is 0 Å². The molecule has 0 saturated carbocycles. The van der Waals surface area contributed by atoms with Gasteiger partial charge in [-0.3, -0.25) is 14.6 Å². The zero-order chi connectivity index (χ0) is 22.6. The Balaban J connectivity index is 1.59. The summed E-state index contributed by atoms with van der Waals surface area (Å²) in [5.74, 6) is -0.223. The molecule has 6 nitrogen and oxygen atoms in total. The summed E-state index contributed by atoms with van der Waals surface area (Å²) in [5.41, 5.74) is 2.63. The number of ether oxygens (including phenoxy) is 1. The molecule has 0 spiro atoms. The molecule has 1 aliphatic rings. The van der Waals surface area contributed by atoms with Gasteiger partial charge in [0.1, 0.15) is 0 Å². The van der Waals surface area contributed by atoms with E-state index in [0.717, 1.165) is 16.7 Å². The van der Waals surface area contributed by atoms with Crippen molar-refractivity contribution in [2.24, 2.45) is 0 Å². The van der Waals surface area contributed by atoms with Crippen LogP contribution < -0.4 is 0 Å². The summed E-state index contributed by atoms with van der Waals surface area (Å²) >= 11 is 0. The Hall–Kier alpha value is -3.51. The third-order valence-electron chi connectivity index (χ3n) is 5.75. The first-order chi connectivity index (χ1) is 15.5. The highest BCUT2D eigenvalue weighted by Gasteiger charge is 2.46. The number of benzene rings is 2. The van der Waals surface area contributed by atoms with Crippen LogP contribution in [0.5, 0.6) is 0 Å². The maximum absolute atomic E-state index is 13.3. The predicted octanol–water partition coefficient (Wildman–Crippen LogP) is 3.29. The SMILES string of the molecule is CN(C)C(=O)[C@@]1(Cc2ccc(-c3ccncc3)cc2)CN(C(=O)c2ccccc2)CCO1. The topological polar surface area (TPSA) is 62.7 Å². The molecule has 1 atom stereocenters. The maximum Gasteiger partial charge on any atom is 0.256 e. The predicted molar refractivity (Wildman–Crippen MR) is 123 cm³/mol. The molecule has 0 bridgehead atoms. The molecular formula is C26H27N3O3. The van der Waals surface area contributed by atoms with Crippen molar-refractivity contribution in [2.45, 2.75) is 12.0 Å². The Morgan fingerprint density at radius 3 is 2.28 bits per heavy atom. The highest BCUT2D eigenvalue weighted by atomic mass is 16.5. The monoisotopic (exact) mass is 429 g/mol. The van der Waals surface area contributed by atoms with Gasteiger partial charge in [-0.15, -0.1) is 0 Å². The number of carbonyl (C=O) groups excluding carboxylic acids is 2. The van der Waals surface area contributed by atoms with E-state index in [4.69, 9.17) is 4.74 Å². The first kappa shape index (κ1) is 21.7. The Morgan fingerprint density at radius 2 is 1.62 bits per heavy atom. The Labute approximate surface area is 188 Å². The Bertz CT molecular complexity index is 1070. The van der Waals surface area contributed by atoms with Crippen molar-refractivity contribution in [3.63, 3.8) is 0 Å². The van der Waals surface area contributed by atoms with Crippen LogP contribution in [0.15, 0.2) is 79.1 Å². The molecule has 1 aliphatic heterocycles. The fourth-order valence-electron chi connectivity index (χ4n) is 4.13. The van der Waals surface area contributed by atoms with Crippen molar-refractivity contribution in [1.29, 1.82) is 0 Å². The van der Waals surface area contributed by atoms with Crippen LogP contribution >= 0.6 is 0 Å². The molecule has 0 aliphatic carbocycles. The number of aromatic nitrogens is 1. The molecule has 2 aromatic carbocycles. The van der Waals surface area contributed by atoms with Crippen LogP contribution in [-0.4, -0.2) is 66.0 Å². The largest absolute Gasteiger partial charge is 0.361 e. The van der Waals surface area contributed by atoms with E-state index < -0.39 is 5.60 Å². The molecule has 2 heterocycles. The Kier molecular flexibility index (Phi) is 6.32.